The van der Waals surface area contributed by atoms with E-state index < -0.39 is 0 Å². The van der Waals surface area contributed by atoms with Crippen LogP contribution in [0.3, 0.4) is 0 Å². The van der Waals surface area contributed by atoms with Gasteiger partial charge in [0, 0.05) is 25.5 Å². The zero-order chi connectivity index (χ0) is 12.3. The summed E-state index contributed by atoms with van der Waals surface area (Å²) in [7, 11) is 0. The summed E-state index contributed by atoms with van der Waals surface area (Å²) in [6.45, 7) is 0.411. The highest BCUT2D eigenvalue weighted by Crippen LogP contribution is 2.06. The van der Waals surface area contributed by atoms with E-state index in [9.17, 15) is 9.18 Å². The monoisotopic (exact) mass is 237 g/mol. The number of carbonyl (C=O) groups is 1. The number of carbonyl (C=O) groups excluding carboxylic acids is 1. The highest BCUT2D eigenvalue weighted by atomic mass is 19.1. The Morgan fingerprint density at radius 2 is 2.29 bits per heavy atom. The average molecular weight is 237 g/mol. The molecule has 2 aromatic heterocycles. The molecule has 6 heteroatoms. The van der Waals surface area contributed by atoms with Gasteiger partial charge >= 0.3 is 0 Å². The van der Waals surface area contributed by atoms with Crippen molar-refractivity contribution in [3.63, 3.8) is 0 Å². The third-order valence-corrected chi connectivity index (χ3v) is 2.27. The molecule has 0 radical (unpaired) electrons. The molecule has 0 aromatic carbocycles. The molecule has 0 atom stereocenters. The van der Waals surface area contributed by atoms with Crippen molar-refractivity contribution in [1.29, 1.82) is 0 Å². The molecule has 0 fully saturated rings. The lowest BCUT2D eigenvalue weighted by Gasteiger charge is -1.99. The SMILES string of the molecule is O=C(NCCCO)c1cn2cc(F)ccc2n1. The molecule has 0 saturated carbocycles. The van der Waals surface area contributed by atoms with Gasteiger partial charge in [-0.3, -0.25) is 4.79 Å². The van der Waals surface area contributed by atoms with Crippen molar-refractivity contribution in [2.24, 2.45) is 0 Å². The summed E-state index contributed by atoms with van der Waals surface area (Å²) in [5.41, 5.74) is 0.743. The molecule has 2 aromatic rings. The predicted octanol–water partition coefficient (Wildman–Crippen LogP) is 0.586. The zero-order valence-corrected chi connectivity index (χ0v) is 9.06. The first-order valence-corrected chi connectivity index (χ1v) is 5.24. The topological polar surface area (TPSA) is 66.6 Å². The minimum atomic E-state index is -0.387. The number of halogens is 1. The van der Waals surface area contributed by atoms with Gasteiger partial charge in [0.1, 0.15) is 17.2 Å². The molecule has 1 amide bonds. The highest BCUT2D eigenvalue weighted by Gasteiger charge is 2.10. The van der Waals surface area contributed by atoms with Crippen LogP contribution in [-0.2, 0) is 0 Å². The normalized spacial score (nSPS) is 10.7. The largest absolute Gasteiger partial charge is 0.396 e. The van der Waals surface area contributed by atoms with Crippen LogP contribution in [0.25, 0.3) is 5.65 Å². The number of nitrogens with one attached hydrogen (secondary N) is 1. The molecule has 90 valence electrons. The van der Waals surface area contributed by atoms with Crippen molar-refractivity contribution in [3.8, 4) is 0 Å². The van der Waals surface area contributed by atoms with Crippen LogP contribution in [0.5, 0.6) is 0 Å². The van der Waals surface area contributed by atoms with Crippen LogP contribution in [0, 0.1) is 5.82 Å². The number of fused-ring (bicyclic) bond motifs is 1. The van der Waals surface area contributed by atoms with Crippen molar-refractivity contribution in [3.05, 3.63) is 36.0 Å². The number of nitrogens with zero attached hydrogens (tertiary/aromatic N) is 2. The van der Waals surface area contributed by atoms with Gasteiger partial charge in [0.15, 0.2) is 0 Å². The number of hydrogen-bond acceptors (Lipinski definition) is 3. The van der Waals surface area contributed by atoms with E-state index in [1.807, 2.05) is 0 Å². The van der Waals surface area contributed by atoms with Gasteiger partial charge in [0.2, 0.25) is 0 Å². The van der Waals surface area contributed by atoms with Crippen molar-refractivity contribution >= 4 is 11.6 Å². The summed E-state index contributed by atoms with van der Waals surface area (Å²) in [4.78, 5) is 15.7. The van der Waals surface area contributed by atoms with Crippen molar-refractivity contribution < 1.29 is 14.3 Å². The maximum atomic E-state index is 12.9. The lowest BCUT2D eigenvalue weighted by molar-refractivity contribution is 0.0947. The summed E-state index contributed by atoms with van der Waals surface area (Å²) in [6.07, 6.45) is 3.22. The molecular weight excluding hydrogens is 225 g/mol. The minimum absolute atomic E-state index is 0.0245. The molecule has 0 unspecified atom stereocenters. The van der Waals surface area contributed by atoms with E-state index >= 15 is 0 Å². The second-order valence-electron chi connectivity index (χ2n) is 3.57. The lowest BCUT2D eigenvalue weighted by atomic mass is 10.4. The van der Waals surface area contributed by atoms with E-state index in [-0.39, 0.29) is 24.0 Å². The predicted molar refractivity (Wildman–Crippen MR) is 59.2 cm³/mol. The summed E-state index contributed by atoms with van der Waals surface area (Å²) >= 11 is 0. The standard InChI is InChI=1S/C11H12FN3O2/c12-8-2-3-10-14-9(7-15(10)6-8)11(17)13-4-1-5-16/h2-3,6-7,16H,1,4-5H2,(H,13,17). The van der Waals surface area contributed by atoms with Crippen LogP contribution in [0.4, 0.5) is 4.39 Å². The van der Waals surface area contributed by atoms with Gasteiger partial charge < -0.3 is 14.8 Å². The molecule has 0 bridgehead atoms. The molecule has 0 spiro atoms. The minimum Gasteiger partial charge on any atom is -0.396 e. The number of aromatic nitrogens is 2. The third-order valence-electron chi connectivity index (χ3n) is 2.27. The maximum absolute atomic E-state index is 12.9. The molecule has 2 rings (SSSR count). The Morgan fingerprint density at radius 1 is 1.47 bits per heavy atom. The average Bonchev–Trinajstić information content (AvgIpc) is 2.72. The number of aliphatic hydroxyl groups excluding tert-OH is 1. The number of amides is 1. The van der Waals surface area contributed by atoms with Crippen LogP contribution >= 0.6 is 0 Å². The van der Waals surface area contributed by atoms with E-state index in [1.165, 1.54) is 28.9 Å². The van der Waals surface area contributed by atoms with Gasteiger partial charge in [-0.15, -0.1) is 0 Å². The number of imidazole rings is 1. The molecule has 2 N–H and O–H groups in total. The molecule has 0 aliphatic rings. The first-order valence-electron chi connectivity index (χ1n) is 5.24. The van der Waals surface area contributed by atoms with Crippen molar-refractivity contribution in [2.75, 3.05) is 13.2 Å². The number of hydrogen-bond donors (Lipinski definition) is 2. The van der Waals surface area contributed by atoms with Crippen LogP contribution < -0.4 is 5.32 Å². The van der Waals surface area contributed by atoms with Crippen LogP contribution in [-0.4, -0.2) is 33.6 Å². The van der Waals surface area contributed by atoms with Gasteiger partial charge in [-0.25, -0.2) is 9.37 Å². The van der Waals surface area contributed by atoms with E-state index in [4.69, 9.17) is 5.11 Å². The Kier molecular flexibility index (Phi) is 3.34. The second-order valence-corrected chi connectivity index (χ2v) is 3.57. The second kappa shape index (κ2) is 4.92. The van der Waals surface area contributed by atoms with Gasteiger partial charge in [0.25, 0.3) is 5.91 Å². The summed E-state index contributed by atoms with van der Waals surface area (Å²) in [5.74, 6) is -0.718. The first-order chi connectivity index (χ1) is 8.20. The summed E-state index contributed by atoms with van der Waals surface area (Å²) in [5, 5.41) is 11.2. The molecule has 0 saturated heterocycles. The number of aliphatic hydroxyl groups is 1. The molecule has 2 heterocycles. The molecule has 0 aliphatic heterocycles. The van der Waals surface area contributed by atoms with E-state index in [0.29, 0.717) is 18.6 Å². The zero-order valence-electron chi connectivity index (χ0n) is 9.06. The van der Waals surface area contributed by atoms with E-state index in [0.717, 1.165) is 0 Å². The molecule has 17 heavy (non-hydrogen) atoms. The van der Waals surface area contributed by atoms with E-state index in [1.54, 1.807) is 0 Å². The Bertz CT molecular complexity index is 538. The maximum Gasteiger partial charge on any atom is 0.271 e. The lowest BCUT2D eigenvalue weighted by Crippen LogP contribution is -2.25. The quantitative estimate of drug-likeness (QED) is 0.765. The third kappa shape index (κ3) is 2.59. The Morgan fingerprint density at radius 3 is 3.06 bits per heavy atom. The fourth-order valence-corrected chi connectivity index (χ4v) is 1.45. The first kappa shape index (κ1) is 11.5. The van der Waals surface area contributed by atoms with Crippen LogP contribution in [0.2, 0.25) is 0 Å². The smallest absolute Gasteiger partial charge is 0.271 e. The van der Waals surface area contributed by atoms with Crippen LogP contribution in [0.15, 0.2) is 24.5 Å². The summed E-state index contributed by atoms with van der Waals surface area (Å²) < 4.78 is 14.4. The highest BCUT2D eigenvalue weighted by molar-refractivity contribution is 5.92. The number of rotatable bonds is 4. The van der Waals surface area contributed by atoms with Gasteiger partial charge in [-0.1, -0.05) is 0 Å². The number of pyridine rings is 1. The van der Waals surface area contributed by atoms with Crippen molar-refractivity contribution in [1.82, 2.24) is 14.7 Å². The van der Waals surface area contributed by atoms with Gasteiger partial charge in [-0.2, -0.15) is 0 Å². The summed E-state index contributed by atoms with van der Waals surface area (Å²) in [6, 6.07) is 2.79. The van der Waals surface area contributed by atoms with Gasteiger partial charge in [-0.05, 0) is 18.6 Å². The van der Waals surface area contributed by atoms with E-state index in [2.05, 4.69) is 10.3 Å². The fourth-order valence-electron chi connectivity index (χ4n) is 1.45. The molecular formula is C11H12FN3O2. The Balaban J connectivity index is 2.15. The van der Waals surface area contributed by atoms with Gasteiger partial charge in [0.05, 0.1) is 0 Å². The Hall–Kier alpha value is -1.95. The Labute approximate surface area is 96.9 Å². The fraction of sp³-hybridized carbons (Fsp3) is 0.273. The molecule has 0 aliphatic carbocycles. The molecule has 5 nitrogen and oxygen atoms in total. The van der Waals surface area contributed by atoms with Crippen LogP contribution in [0.1, 0.15) is 16.9 Å². The van der Waals surface area contributed by atoms with Crippen molar-refractivity contribution in [2.45, 2.75) is 6.42 Å².